The van der Waals surface area contributed by atoms with Gasteiger partial charge in [0.05, 0.1) is 22.9 Å². The van der Waals surface area contributed by atoms with Crippen LogP contribution in [-0.4, -0.2) is 32.3 Å². The lowest BCUT2D eigenvalue weighted by Gasteiger charge is -2.30. The summed E-state index contributed by atoms with van der Waals surface area (Å²) < 4.78 is 0. The van der Waals surface area contributed by atoms with Crippen LogP contribution in [0.3, 0.4) is 0 Å². The topological polar surface area (TPSA) is 90.9 Å². The van der Waals surface area contributed by atoms with E-state index in [4.69, 9.17) is 15.0 Å². The molecule has 2 aromatic heterocycles. The van der Waals surface area contributed by atoms with Gasteiger partial charge in [0.25, 0.3) is 0 Å². The van der Waals surface area contributed by atoms with Crippen LogP contribution in [0.5, 0.6) is 0 Å². The average Bonchev–Trinajstić information content (AvgIpc) is 3.36. The van der Waals surface area contributed by atoms with Crippen LogP contribution < -0.4 is 10.6 Å². The molecule has 3 N–H and O–H groups in total. The summed E-state index contributed by atoms with van der Waals surface area (Å²) in [5, 5.41) is 7.85. The van der Waals surface area contributed by atoms with Gasteiger partial charge in [0.2, 0.25) is 5.95 Å². The zero-order valence-electron chi connectivity index (χ0n) is 16.6. The molecule has 0 spiro atoms. The molecule has 150 valence electrons. The number of H-pyrrole nitrogens is 1. The van der Waals surface area contributed by atoms with Gasteiger partial charge in [-0.05, 0) is 42.2 Å². The Hall–Kier alpha value is -3.48. The Bertz CT molecular complexity index is 1250. The third-order valence-electron chi connectivity index (χ3n) is 6.33. The first-order chi connectivity index (χ1) is 14.8. The Morgan fingerprint density at radius 3 is 2.77 bits per heavy atom. The fraction of sp³-hybridized carbons (Fsp3) is 0.304. The molecule has 0 bridgehead atoms. The number of nitrogens with zero attached hydrogens (tertiary/aromatic N) is 4. The highest BCUT2D eigenvalue weighted by Crippen LogP contribution is 2.37. The predicted molar refractivity (Wildman–Crippen MR) is 120 cm³/mol. The van der Waals surface area contributed by atoms with E-state index in [1.165, 1.54) is 19.3 Å². The molecule has 2 aliphatic rings. The van der Waals surface area contributed by atoms with E-state index in [-0.39, 0.29) is 0 Å². The van der Waals surface area contributed by atoms with E-state index in [1.54, 1.807) is 6.33 Å². The fourth-order valence-corrected chi connectivity index (χ4v) is 4.43. The Kier molecular flexibility index (Phi) is 4.11. The summed E-state index contributed by atoms with van der Waals surface area (Å²) in [6.45, 7) is 0.936. The van der Waals surface area contributed by atoms with Gasteiger partial charge in [0, 0.05) is 24.0 Å². The number of aromatic amines is 1. The summed E-state index contributed by atoms with van der Waals surface area (Å²) in [6, 6.07) is 14.1. The van der Waals surface area contributed by atoms with Gasteiger partial charge in [-0.2, -0.15) is 4.98 Å². The van der Waals surface area contributed by atoms with Crippen LogP contribution >= 0.6 is 0 Å². The van der Waals surface area contributed by atoms with Crippen molar-refractivity contribution in [1.82, 2.24) is 19.9 Å². The summed E-state index contributed by atoms with van der Waals surface area (Å²) >= 11 is 0. The van der Waals surface area contributed by atoms with Gasteiger partial charge in [-0.3, -0.25) is 4.99 Å². The Morgan fingerprint density at radius 2 is 1.87 bits per heavy atom. The fourth-order valence-electron chi connectivity index (χ4n) is 4.43. The van der Waals surface area contributed by atoms with Crippen molar-refractivity contribution in [3.63, 3.8) is 0 Å². The number of amidine groups is 1. The largest absolute Gasteiger partial charge is 0.345 e. The molecule has 6 rings (SSSR count). The SMILES string of the molecule is c1ccc2c(NC3=NCC(C4CCC4)C3)nc(Nc3ccc4nc[nH]c4c3)nc2c1. The molecule has 7 heteroatoms. The zero-order valence-corrected chi connectivity index (χ0v) is 16.6. The second-order valence-electron chi connectivity index (χ2n) is 8.24. The minimum absolute atomic E-state index is 0.559. The third-order valence-corrected chi connectivity index (χ3v) is 6.33. The molecule has 1 atom stereocenters. The first-order valence-corrected chi connectivity index (χ1v) is 10.6. The minimum Gasteiger partial charge on any atom is -0.345 e. The smallest absolute Gasteiger partial charge is 0.229 e. The molecular formula is C23H23N7. The predicted octanol–water partition coefficient (Wildman–Crippen LogP) is 4.88. The molecule has 0 amide bonds. The van der Waals surface area contributed by atoms with Crippen molar-refractivity contribution in [2.75, 3.05) is 17.2 Å². The maximum atomic E-state index is 4.79. The van der Waals surface area contributed by atoms with Crippen molar-refractivity contribution in [3.8, 4) is 0 Å². The van der Waals surface area contributed by atoms with Gasteiger partial charge < -0.3 is 15.6 Å². The standard InChI is InChI=1S/C23H23N7/c1-2-7-18-17(6-1)22(29-21-10-15(12-24-21)14-4-3-5-14)30-23(28-18)27-16-8-9-19-20(11-16)26-13-25-19/h1-2,6-9,11,13-15H,3-5,10,12H2,(H,25,26)(H2,24,27,28,29,30). The molecule has 4 aromatic rings. The Balaban J connectivity index is 1.29. The number of nitrogens with one attached hydrogen (secondary N) is 3. The van der Waals surface area contributed by atoms with E-state index in [9.17, 15) is 0 Å². The Morgan fingerprint density at radius 1 is 0.933 bits per heavy atom. The molecule has 3 heterocycles. The zero-order chi connectivity index (χ0) is 19.9. The molecule has 1 fully saturated rings. The summed E-state index contributed by atoms with van der Waals surface area (Å²) in [5.74, 6) is 3.95. The van der Waals surface area contributed by atoms with E-state index >= 15 is 0 Å². The van der Waals surface area contributed by atoms with E-state index in [1.807, 2.05) is 36.4 Å². The molecule has 1 aliphatic heterocycles. The molecule has 0 saturated heterocycles. The maximum Gasteiger partial charge on any atom is 0.229 e. The first-order valence-electron chi connectivity index (χ1n) is 10.6. The van der Waals surface area contributed by atoms with Crippen LogP contribution in [0, 0.1) is 11.8 Å². The molecule has 0 radical (unpaired) electrons. The van der Waals surface area contributed by atoms with Crippen LogP contribution in [0.4, 0.5) is 17.5 Å². The van der Waals surface area contributed by atoms with E-state index in [0.29, 0.717) is 11.9 Å². The molecule has 7 nitrogen and oxygen atoms in total. The van der Waals surface area contributed by atoms with Gasteiger partial charge in [-0.15, -0.1) is 0 Å². The van der Waals surface area contributed by atoms with Crippen molar-refractivity contribution in [3.05, 3.63) is 48.8 Å². The van der Waals surface area contributed by atoms with E-state index in [0.717, 1.165) is 58.2 Å². The van der Waals surface area contributed by atoms with E-state index in [2.05, 4.69) is 26.7 Å². The quantitative estimate of drug-likeness (QED) is 0.456. The monoisotopic (exact) mass is 397 g/mol. The number of rotatable bonds is 4. The number of benzene rings is 2. The number of aliphatic imine (C=N–C) groups is 1. The van der Waals surface area contributed by atoms with Crippen LogP contribution in [-0.2, 0) is 0 Å². The molecule has 2 aromatic carbocycles. The number of hydrogen-bond acceptors (Lipinski definition) is 6. The highest BCUT2D eigenvalue weighted by molar-refractivity contribution is 6.03. The lowest BCUT2D eigenvalue weighted by molar-refractivity contribution is 0.223. The highest BCUT2D eigenvalue weighted by Gasteiger charge is 2.31. The van der Waals surface area contributed by atoms with Gasteiger partial charge in [-0.1, -0.05) is 31.4 Å². The Labute approximate surface area is 174 Å². The molecule has 1 saturated carbocycles. The minimum atomic E-state index is 0.559. The first kappa shape index (κ1) is 17.4. The number of aromatic nitrogens is 4. The number of fused-ring (bicyclic) bond motifs is 2. The van der Waals surface area contributed by atoms with E-state index < -0.39 is 0 Å². The number of imidazole rings is 1. The summed E-state index contributed by atoms with van der Waals surface area (Å²) in [7, 11) is 0. The average molecular weight is 397 g/mol. The lowest BCUT2D eigenvalue weighted by atomic mass is 9.75. The molecule has 1 unspecified atom stereocenters. The second kappa shape index (κ2) is 7.09. The van der Waals surface area contributed by atoms with Gasteiger partial charge in [0.15, 0.2) is 0 Å². The second-order valence-corrected chi connectivity index (χ2v) is 8.24. The maximum absolute atomic E-state index is 4.79. The summed E-state index contributed by atoms with van der Waals surface area (Å²) in [5.41, 5.74) is 3.72. The molecule has 1 aliphatic carbocycles. The normalized spacial score (nSPS) is 19.1. The van der Waals surface area contributed by atoms with Crippen molar-refractivity contribution < 1.29 is 0 Å². The number of hydrogen-bond donors (Lipinski definition) is 3. The summed E-state index contributed by atoms with van der Waals surface area (Å²) in [6.07, 6.45) is 6.81. The lowest BCUT2D eigenvalue weighted by Crippen LogP contribution is -2.24. The van der Waals surface area contributed by atoms with Gasteiger partial charge in [-0.25, -0.2) is 9.97 Å². The van der Waals surface area contributed by atoms with Gasteiger partial charge in [0.1, 0.15) is 11.7 Å². The van der Waals surface area contributed by atoms with Crippen LogP contribution in [0.2, 0.25) is 0 Å². The van der Waals surface area contributed by atoms with Crippen molar-refractivity contribution in [2.45, 2.75) is 25.7 Å². The van der Waals surface area contributed by atoms with Gasteiger partial charge >= 0.3 is 0 Å². The van der Waals surface area contributed by atoms with Crippen LogP contribution in [0.25, 0.3) is 21.9 Å². The van der Waals surface area contributed by atoms with Crippen LogP contribution in [0.1, 0.15) is 25.7 Å². The van der Waals surface area contributed by atoms with Crippen molar-refractivity contribution in [2.24, 2.45) is 16.8 Å². The van der Waals surface area contributed by atoms with Crippen molar-refractivity contribution in [1.29, 1.82) is 0 Å². The van der Waals surface area contributed by atoms with Crippen molar-refractivity contribution >= 4 is 45.2 Å². The third kappa shape index (κ3) is 3.16. The van der Waals surface area contributed by atoms with Crippen LogP contribution in [0.15, 0.2) is 53.8 Å². The number of para-hydroxylation sites is 1. The number of anilines is 3. The molecular weight excluding hydrogens is 374 g/mol. The highest BCUT2D eigenvalue weighted by atomic mass is 15.2. The summed E-state index contributed by atoms with van der Waals surface area (Å²) in [4.78, 5) is 21.7. The molecule has 30 heavy (non-hydrogen) atoms.